The van der Waals surface area contributed by atoms with Gasteiger partial charge in [-0.2, -0.15) is 22.5 Å². The third-order valence-electron chi connectivity index (χ3n) is 5.68. The molecule has 12 heteroatoms. The van der Waals surface area contributed by atoms with Gasteiger partial charge in [0.2, 0.25) is 15.9 Å². The van der Waals surface area contributed by atoms with Gasteiger partial charge < -0.3 is 14.7 Å². The summed E-state index contributed by atoms with van der Waals surface area (Å²) in [5, 5.41) is 10.1. The zero-order valence-electron chi connectivity index (χ0n) is 19.7. The standard InChI is InChI=1S/C23H29F4N3O4S/c1-4-9-22(2,3)34-21-13-18(31)12-20(28-21)30-11-10-29(14-19(30)23(25,26)27)35(32,33)15-16-5-7-17(24)8-6-16/h5-8,12-13,19H,4,9-11,14-15H2,1-3H3,(H,28,31). The molecule has 1 N–H and O–H groups in total. The molecule has 1 aromatic carbocycles. The molecule has 0 saturated carbocycles. The molecule has 1 aliphatic heterocycles. The summed E-state index contributed by atoms with van der Waals surface area (Å²) in [5.74, 6) is -1.59. The van der Waals surface area contributed by atoms with Crippen LogP contribution < -0.4 is 9.64 Å². The summed E-state index contributed by atoms with van der Waals surface area (Å²) in [7, 11) is -4.10. The third-order valence-corrected chi connectivity index (χ3v) is 7.49. The van der Waals surface area contributed by atoms with Crippen LogP contribution in [0.3, 0.4) is 0 Å². The minimum atomic E-state index is -4.78. The van der Waals surface area contributed by atoms with Crippen LogP contribution in [0.15, 0.2) is 36.4 Å². The zero-order valence-corrected chi connectivity index (χ0v) is 20.5. The van der Waals surface area contributed by atoms with Crippen LogP contribution >= 0.6 is 0 Å². The highest BCUT2D eigenvalue weighted by Gasteiger charge is 2.49. The largest absolute Gasteiger partial charge is 0.508 e. The average molecular weight is 520 g/mol. The minimum absolute atomic E-state index is 0.0225. The highest BCUT2D eigenvalue weighted by Crippen LogP contribution is 2.35. The molecule has 2 heterocycles. The lowest BCUT2D eigenvalue weighted by atomic mass is 10.0. The Kier molecular flexibility index (Phi) is 7.85. The molecule has 0 spiro atoms. The maximum absolute atomic E-state index is 14.1. The van der Waals surface area contributed by atoms with Gasteiger partial charge in [-0.15, -0.1) is 0 Å². The van der Waals surface area contributed by atoms with Crippen LogP contribution in [0.5, 0.6) is 11.6 Å². The van der Waals surface area contributed by atoms with Gasteiger partial charge in [0.05, 0.1) is 5.75 Å². The fourth-order valence-corrected chi connectivity index (χ4v) is 5.59. The van der Waals surface area contributed by atoms with Crippen LogP contribution in [-0.4, -0.2) is 60.3 Å². The average Bonchev–Trinajstić information content (AvgIpc) is 2.73. The molecule has 3 rings (SSSR count). The number of benzene rings is 1. The Morgan fingerprint density at radius 3 is 2.40 bits per heavy atom. The van der Waals surface area contributed by atoms with Crippen molar-refractivity contribution in [2.75, 3.05) is 24.5 Å². The highest BCUT2D eigenvalue weighted by molar-refractivity contribution is 7.88. The maximum Gasteiger partial charge on any atom is 0.410 e. The number of ether oxygens (including phenoxy) is 1. The molecule has 1 atom stereocenters. The van der Waals surface area contributed by atoms with Crippen molar-refractivity contribution in [2.45, 2.75) is 57.2 Å². The summed E-state index contributed by atoms with van der Waals surface area (Å²) >= 11 is 0. The van der Waals surface area contributed by atoms with Crippen LogP contribution in [0.25, 0.3) is 0 Å². The van der Waals surface area contributed by atoms with Crippen molar-refractivity contribution in [3.8, 4) is 11.6 Å². The molecular formula is C23H29F4N3O4S. The second-order valence-corrected chi connectivity index (χ2v) is 11.1. The molecule has 1 saturated heterocycles. The fraction of sp³-hybridized carbons (Fsp3) is 0.522. The van der Waals surface area contributed by atoms with E-state index >= 15 is 0 Å². The van der Waals surface area contributed by atoms with Gasteiger partial charge in [0.1, 0.15) is 29.0 Å². The number of hydrogen-bond acceptors (Lipinski definition) is 6. The Hall–Kier alpha value is -2.60. The molecule has 7 nitrogen and oxygen atoms in total. The van der Waals surface area contributed by atoms with Crippen LogP contribution in [0.4, 0.5) is 23.4 Å². The van der Waals surface area contributed by atoms with E-state index in [-0.39, 0.29) is 36.1 Å². The molecule has 0 aliphatic carbocycles. The van der Waals surface area contributed by atoms with E-state index in [0.717, 1.165) is 33.8 Å². The van der Waals surface area contributed by atoms with Gasteiger partial charge in [0, 0.05) is 31.8 Å². The first-order valence-electron chi connectivity index (χ1n) is 11.2. The Balaban J connectivity index is 1.85. The molecule has 0 bridgehead atoms. The summed E-state index contributed by atoms with van der Waals surface area (Å²) < 4.78 is 87.6. The molecule has 35 heavy (non-hydrogen) atoms. The van der Waals surface area contributed by atoms with E-state index in [4.69, 9.17) is 4.74 Å². The topological polar surface area (TPSA) is 83.0 Å². The molecule has 1 fully saturated rings. The Bertz CT molecular complexity index is 1120. The number of halogens is 4. The number of rotatable bonds is 8. The van der Waals surface area contributed by atoms with E-state index in [1.54, 1.807) is 0 Å². The monoisotopic (exact) mass is 519 g/mol. The van der Waals surface area contributed by atoms with Crippen LogP contribution in [0, 0.1) is 5.82 Å². The first-order chi connectivity index (χ1) is 16.2. The van der Waals surface area contributed by atoms with Gasteiger partial charge in [-0.3, -0.25) is 0 Å². The molecular weight excluding hydrogens is 490 g/mol. The zero-order chi connectivity index (χ0) is 26.0. The van der Waals surface area contributed by atoms with E-state index in [9.17, 15) is 31.1 Å². The number of sulfonamides is 1. The van der Waals surface area contributed by atoms with Crippen molar-refractivity contribution < 1.29 is 35.8 Å². The molecule has 2 aromatic rings. The first kappa shape index (κ1) is 27.0. The Morgan fingerprint density at radius 1 is 1.14 bits per heavy atom. The predicted molar refractivity (Wildman–Crippen MR) is 123 cm³/mol. The number of nitrogens with zero attached hydrogens (tertiary/aromatic N) is 3. The number of pyridine rings is 1. The lowest BCUT2D eigenvalue weighted by Crippen LogP contribution is -2.60. The molecule has 194 valence electrons. The maximum atomic E-state index is 14.1. The van der Waals surface area contributed by atoms with Gasteiger partial charge >= 0.3 is 6.18 Å². The number of piperazine rings is 1. The number of hydrogen-bond donors (Lipinski definition) is 1. The fourth-order valence-electron chi connectivity index (χ4n) is 4.06. The SMILES string of the molecule is CCCC(C)(C)Oc1cc(O)cc(N2CCN(S(=O)(=O)Cc3ccc(F)cc3)CC2C(F)(F)F)n1. The highest BCUT2D eigenvalue weighted by atomic mass is 32.2. The minimum Gasteiger partial charge on any atom is -0.508 e. The van der Waals surface area contributed by atoms with Crippen molar-refractivity contribution in [1.29, 1.82) is 0 Å². The predicted octanol–water partition coefficient (Wildman–Crippen LogP) is 4.47. The van der Waals surface area contributed by atoms with Crippen LogP contribution in [0.2, 0.25) is 0 Å². The molecule has 1 aromatic heterocycles. The van der Waals surface area contributed by atoms with Crippen molar-refractivity contribution >= 4 is 15.8 Å². The summed E-state index contributed by atoms with van der Waals surface area (Å²) in [6.45, 7) is 4.22. The second kappa shape index (κ2) is 10.2. The number of aromatic nitrogens is 1. The van der Waals surface area contributed by atoms with E-state index in [1.165, 1.54) is 18.2 Å². The molecule has 1 aliphatic rings. The third kappa shape index (κ3) is 6.97. The second-order valence-electron chi connectivity index (χ2n) is 9.13. The van der Waals surface area contributed by atoms with Gasteiger partial charge in [-0.25, -0.2) is 12.8 Å². The Labute approximate surface area is 202 Å². The smallest absolute Gasteiger partial charge is 0.410 e. The van der Waals surface area contributed by atoms with Gasteiger partial charge in [0.25, 0.3) is 0 Å². The van der Waals surface area contributed by atoms with Gasteiger partial charge in [0.15, 0.2) is 0 Å². The first-order valence-corrected chi connectivity index (χ1v) is 12.8. The van der Waals surface area contributed by atoms with Crippen LogP contribution in [-0.2, 0) is 15.8 Å². The van der Waals surface area contributed by atoms with E-state index in [1.807, 2.05) is 20.8 Å². The normalized spacial score (nSPS) is 18.0. The summed E-state index contributed by atoms with van der Waals surface area (Å²) in [5.41, 5.74) is -0.382. The molecule has 0 amide bonds. The lowest BCUT2D eigenvalue weighted by Gasteiger charge is -2.42. The number of anilines is 1. The van der Waals surface area contributed by atoms with E-state index in [0.29, 0.717) is 6.42 Å². The summed E-state index contributed by atoms with van der Waals surface area (Å²) in [6, 6.07) is 4.89. The van der Waals surface area contributed by atoms with Crippen molar-refractivity contribution in [2.24, 2.45) is 0 Å². The van der Waals surface area contributed by atoms with Crippen molar-refractivity contribution in [1.82, 2.24) is 9.29 Å². The number of alkyl halides is 3. The van der Waals surface area contributed by atoms with Crippen LogP contribution in [0.1, 0.15) is 39.2 Å². The lowest BCUT2D eigenvalue weighted by molar-refractivity contribution is -0.153. The Morgan fingerprint density at radius 2 is 1.80 bits per heavy atom. The number of aromatic hydroxyl groups is 1. The quantitative estimate of drug-likeness (QED) is 0.519. The summed E-state index contributed by atoms with van der Waals surface area (Å²) in [6.07, 6.45) is -3.31. The van der Waals surface area contributed by atoms with Crippen molar-refractivity contribution in [3.05, 3.63) is 47.8 Å². The molecule has 0 radical (unpaired) electrons. The molecule has 1 unspecified atom stereocenters. The summed E-state index contributed by atoms with van der Waals surface area (Å²) in [4.78, 5) is 5.13. The van der Waals surface area contributed by atoms with E-state index in [2.05, 4.69) is 4.98 Å². The van der Waals surface area contributed by atoms with E-state index < -0.39 is 46.0 Å². The van der Waals surface area contributed by atoms with Crippen molar-refractivity contribution in [3.63, 3.8) is 0 Å². The van der Waals surface area contributed by atoms with Gasteiger partial charge in [-0.05, 0) is 38.0 Å². The van der Waals surface area contributed by atoms with Gasteiger partial charge in [-0.1, -0.05) is 25.5 Å².